The Morgan fingerprint density at radius 2 is 1.58 bits per heavy atom. The molecular formula is C28H31N2O+. The molecule has 0 saturated heterocycles. The van der Waals surface area contributed by atoms with Gasteiger partial charge in [-0.3, -0.25) is 4.79 Å². The third kappa shape index (κ3) is 3.29. The van der Waals surface area contributed by atoms with E-state index in [0.29, 0.717) is 5.57 Å². The molecule has 0 radical (unpaired) electrons. The van der Waals surface area contributed by atoms with Gasteiger partial charge in [-0.2, -0.15) is 4.58 Å². The summed E-state index contributed by atoms with van der Waals surface area (Å²) in [4.78, 5) is 14.1. The van der Waals surface area contributed by atoms with Crippen LogP contribution < -0.4 is 4.90 Å². The van der Waals surface area contributed by atoms with Gasteiger partial charge in [0.25, 0.3) is 0 Å². The monoisotopic (exact) mass is 411 g/mol. The van der Waals surface area contributed by atoms with Crippen LogP contribution in [0.5, 0.6) is 0 Å². The Labute approximate surface area is 185 Å². The van der Waals surface area contributed by atoms with Gasteiger partial charge in [-0.15, -0.1) is 0 Å². The van der Waals surface area contributed by atoms with Gasteiger partial charge in [0.15, 0.2) is 5.71 Å². The molecule has 3 heteroatoms. The molecule has 0 aliphatic carbocycles. The fourth-order valence-corrected chi connectivity index (χ4v) is 5.09. The minimum absolute atomic E-state index is 0.108. The van der Waals surface area contributed by atoms with Crippen molar-refractivity contribution in [2.75, 3.05) is 19.0 Å². The van der Waals surface area contributed by atoms with Crippen molar-refractivity contribution < 1.29 is 9.37 Å². The zero-order valence-electron chi connectivity index (χ0n) is 19.3. The highest BCUT2D eigenvalue weighted by molar-refractivity contribution is 6.03. The molecule has 2 heterocycles. The number of allylic oxidation sites excluding steroid dienone is 6. The van der Waals surface area contributed by atoms with E-state index in [9.17, 15) is 4.79 Å². The second-order valence-corrected chi connectivity index (χ2v) is 9.46. The van der Waals surface area contributed by atoms with Crippen molar-refractivity contribution in [2.45, 2.75) is 38.5 Å². The first-order valence-corrected chi connectivity index (χ1v) is 10.8. The average Bonchev–Trinajstić information content (AvgIpc) is 3.07. The number of benzene rings is 2. The number of fused-ring (bicyclic) bond motifs is 2. The third-order valence-corrected chi connectivity index (χ3v) is 6.88. The van der Waals surface area contributed by atoms with E-state index in [-0.39, 0.29) is 10.8 Å². The number of nitrogens with zero attached hydrogens (tertiary/aromatic N) is 2. The van der Waals surface area contributed by atoms with Crippen molar-refractivity contribution in [3.05, 3.63) is 95.2 Å². The second kappa shape index (κ2) is 7.49. The molecule has 0 amide bonds. The number of carbonyl (C=O) groups is 1. The maximum Gasteiger partial charge on any atom is 0.209 e. The SMILES string of the molecule is CN1/C(=C/C=C(C=O)\C=C/C2=[N+](C)c3ccccc3C2(C)C)C(C)(C)c2ccccc21. The van der Waals surface area contributed by atoms with E-state index in [1.54, 1.807) is 0 Å². The maximum atomic E-state index is 11.9. The normalized spacial score (nSPS) is 20.5. The van der Waals surface area contributed by atoms with Gasteiger partial charge in [-0.1, -0.05) is 50.2 Å². The lowest BCUT2D eigenvalue weighted by atomic mass is 9.81. The number of rotatable bonds is 4. The van der Waals surface area contributed by atoms with Gasteiger partial charge >= 0.3 is 0 Å². The van der Waals surface area contributed by atoms with Crippen LogP contribution in [0.25, 0.3) is 0 Å². The predicted octanol–water partition coefficient (Wildman–Crippen LogP) is 5.69. The molecule has 158 valence electrons. The van der Waals surface area contributed by atoms with E-state index in [2.05, 4.69) is 112 Å². The minimum atomic E-state index is -0.108. The summed E-state index contributed by atoms with van der Waals surface area (Å²) in [6.07, 6.45) is 8.95. The Hall–Kier alpha value is -3.20. The first-order chi connectivity index (χ1) is 14.7. The molecule has 0 N–H and O–H groups in total. The van der Waals surface area contributed by atoms with Gasteiger partial charge in [-0.25, -0.2) is 0 Å². The highest BCUT2D eigenvalue weighted by atomic mass is 16.1. The van der Waals surface area contributed by atoms with Crippen LogP contribution in [0, 0.1) is 0 Å². The Bertz CT molecular complexity index is 1180. The average molecular weight is 412 g/mol. The Morgan fingerprint density at radius 3 is 2.23 bits per heavy atom. The lowest BCUT2D eigenvalue weighted by Gasteiger charge is -2.23. The van der Waals surface area contributed by atoms with Crippen LogP contribution in [0.1, 0.15) is 38.8 Å². The van der Waals surface area contributed by atoms with Crippen LogP contribution in [0.2, 0.25) is 0 Å². The first-order valence-electron chi connectivity index (χ1n) is 10.8. The summed E-state index contributed by atoms with van der Waals surface area (Å²) in [6, 6.07) is 17.0. The Balaban J connectivity index is 1.66. The summed E-state index contributed by atoms with van der Waals surface area (Å²) in [5.74, 6) is 0. The number of hydrogen-bond donors (Lipinski definition) is 0. The number of hydrogen-bond acceptors (Lipinski definition) is 2. The minimum Gasteiger partial charge on any atom is -0.347 e. The number of para-hydroxylation sites is 2. The molecule has 2 aliphatic rings. The summed E-state index contributed by atoms with van der Waals surface area (Å²) in [5, 5.41) is 0. The van der Waals surface area contributed by atoms with E-state index in [1.165, 1.54) is 33.9 Å². The van der Waals surface area contributed by atoms with Crippen molar-refractivity contribution in [1.82, 2.24) is 0 Å². The van der Waals surface area contributed by atoms with Gasteiger partial charge in [0.1, 0.15) is 13.3 Å². The fourth-order valence-electron chi connectivity index (χ4n) is 5.09. The molecule has 0 aromatic heterocycles. The van der Waals surface area contributed by atoms with Crippen LogP contribution in [0.4, 0.5) is 11.4 Å². The van der Waals surface area contributed by atoms with Crippen molar-refractivity contribution in [3.63, 3.8) is 0 Å². The number of aldehydes is 1. The quantitative estimate of drug-likeness (QED) is 0.279. The molecule has 0 atom stereocenters. The molecule has 0 spiro atoms. The Morgan fingerprint density at radius 1 is 0.935 bits per heavy atom. The van der Waals surface area contributed by atoms with Gasteiger partial charge in [0.2, 0.25) is 5.69 Å². The molecule has 2 aromatic carbocycles. The van der Waals surface area contributed by atoms with Gasteiger partial charge in [-0.05, 0) is 43.7 Å². The summed E-state index contributed by atoms with van der Waals surface area (Å²) in [5.41, 5.74) is 7.86. The van der Waals surface area contributed by atoms with E-state index in [4.69, 9.17) is 0 Å². The number of carbonyl (C=O) groups excluding carboxylic acids is 1. The van der Waals surface area contributed by atoms with E-state index in [1.807, 2.05) is 12.2 Å². The van der Waals surface area contributed by atoms with E-state index >= 15 is 0 Å². The van der Waals surface area contributed by atoms with Crippen molar-refractivity contribution in [3.8, 4) is 0 Å². The van der Waals surface area contributed by atoms with E-state index in [0.717, 1.165) is 6.29 Å². The van der Waals surface area contributed by atoms with Gasteiger partial charge in [0.05, 0.1) is 5.41 Å². The summed E-state index contributed by atoms with van der Waals surface area (Å²) >= 11 is 0. The number of anilines is 1. The molecule has 0 fully saturated rings. The highest BCUT2D eigenvalue weighted by Crippen LogP contribution is 2.46. The summed E-state index contributed by atoms with van der Waals surface area (Å²) < 4.78 is 2.22. The summed E-state index contributed by atoms with van der Waals surface area (Å²) in [6.45, 7) is 8.92. The molecule has 2 aliphatic heterocycles. The lowest BCUT2D eigenvalue weighted by molar-refractivity contribution is -0.401. The molecule has 31 heavy (non-hydrogen) atoms. The molecular weight excluding hydrogens is 380 g/mol. The van der Waals surface area contributed by atoms with Gasteiger partial charge < -0.3 is 4.90 Å². The fraction of sp³-hybridized carbons (Fsp3) is 0.286. The standard InChI is InChI=1S/C28H31N2O/c1-27(2)21-11-7-9-13-23(21)29(5)25(27)17-15-20(19-31)16-18-26-28(3,4)22-12-8-10-14-24(22)30(26)6/h7-19H,1-6H3/q+1. The number of likely N-dealkylation sites (N-methyl/N-ethyl adjacent to an activating group) is 1. The van der Waals surface area contributed by atoms with Crippen LogP contribution >= 0.6 is 0 Å². The van der Waals surface area contributed by atoms with Crippen molar-refractivity contribution >= 4 is 23.4 Å². The molecule has 2 aromatic rings. The van der Waals surface area contributed by atoms with Crippen molar-refractivity contribution in [1.29, 1.82) is 0 Å². The predicted molar refractivity (Wildman–Crippen MR) is 130 cm³/mol. The molecule has 0 unspecified atom stereocenters. The Kier molecular flexibility index (Phi) is 5.09. The summed E-state index contributed by atoms with van der Waals surface area (Å²) in [7, 11) is 4.18. The molecule has 0 saturated carbocycles. The maximum absolute atomic E-state index is 11.9. The van der Waals surface area contributed by atoms with Gasteiger partial charge in [0, 0.05) is 47.1 Å². The highest BCUT2D eigenvalue weighted by Gasteiger charge is 2.42. The van der Waals surface area contributed by atoms with E-state index < -0.39 is 0 Å². The zero-order valence-corrected chi connectivity index (χ0v) is 19.3. The molecule has 3 nitrogen and oxygen atoms in total. The lowest BCUT2D eigenvalue weighted by Crippen LogP contribution is -2.26. The van der Waals surface area contributed by atoms with Crippen LogP contribution in [0.3, 0.4) is 0 Å². The van der Waals surface area contributed by atoms with Crippen LogP contribution in [-0.4, -0.2) is 30.7 Å². The zero-order chi connectivity index (χ0) is 22.4. The largest absolute Gasteiger partial charge is 0.347 e. The van der Waals surface area contributed by atoms with Crippen LogP contribution in [-0.2, 0) is 15.6 Å². The third-order valence-electron chi connectivity index (χ3n) is 6.88. The van der Waals surface area contributed by atoms with Crippen molar-refractivity contribution in [2.24, 2.45) is 0 Å². The second-order valence-electron chi connectivity index (χ2n) is 9.46. The smallest absolute Gasteiger partial charge is 0.209 e. The first kappa shape index (κ1) is 21.0. The van der Waals surface area contributed by atoms with Crippen LogP contribution in [0.15, 0.2) is 84.1 Å². The molecule has 0 bridgehead atoms. The topological polar surface area (TPSA) is 23.3 Å². The molecule has 4 rings (SSSR count).